The summed E-state index contributed by atoms with van der Waals surface area (Å²) in [4.78, 5) is 32.5. The molecular weight excluding hydrogens is 506 g/mol. The van der Waals surface area contributed by atoms with Crippen LogP contribution < -0.4 is 0 Å². The van der Waals surface area contributed by atoms with Gasteiger partial charge < -0.3 is 8.92 Å². The summed E-state index contributed by atoms with van der Waals surface area (Å²) in [6.07, 6.45) is 19.1. The highest BCUT2D eigenvalue weighted by molar-refractivity contribution is 8.16. The van der Waals surface area contributed by atoms with E-state index in [1.165, 1.54) is 51.4 Å². The van der Waals surface area contributed by atoms with Crippen molar-refractivity contribution in [2.75, 3.05) is 6.61 Å². The molecule has 1 aliphatic rings. The van der Waals surface area contributed by atoms with Crippen molar-refractivity contribution in [3.8, 4) is 0 Å². The number of aryl methyl sites for hydroxylation is 2. The van der Waals surface area contributed by atoms with Gasteiger partial charge in [0.25, 0.3) is 0 Å². The maximum atomic E-state index is 13.9. The molecule has 2 aromatic rings. The molecule has 0 saturated carbocycles. The second-order valence-electron chi connectivity index (χ2n) is 10.3. The van der Waals surface area contributed by atoms with Crippen LogP contribution in [0.1, 0.15) is 135 Å². The summed E-state index contributed by atoms with van der Waals surface area (Å²) in [5.74, 6) is -0.858. The summed E-state index contributed by atoms with van der Waals surface area (Å²) in [5, 5.41) is 1.92. The molecule has 0 amide bonds. The normalized spacial score (nSPS) is 14.8. The van der Waals surface area contributed by atoms with E-state index in [1.807, 2.05) is 35.7 Å². The smallest absolute Gasteiger partial charge is 0.350 e. The first kappa shape index (κ1) is 30.9. The molecule has 3 rings (SSSR count). The number of aromatic nitrogens is 1. The number of unbranched alkanes of at least 4 members (excludes halogenated alkanes) is 10. The molecule has 1 unspecified atom stereocenters. The van der Waals surface area contributed by atoms with Gasteiger partial charge >= 0.3 is 11.9 Å². The minimum Gasteiger partial charge on any atom is -0.462 e. The lowest BCUT2D eigenvalue weighted by atomic mass is 9.90. The fourth-order valence-corrected chi connectivity index (χ4v) is 6.58. The zero-order chi connectivity index (χ0) is 27.9. The molecular formula is C33H47NO4S. The first-order valence-electron chi connectivity index (χ1n) is 15.1. The molecule has 0 bridgehead atoms. The molecule has 0 N–H and O–H groups in total. The molecule has 214 valence electrons. The predicted molar refractivity (Wildman–Crippen MR) is 162 cm³/mol. The summed E-state index contributed by atoms with van der Waals surface area (Å²) in [5.41, 5.74) is 3.42. The summed E-state index contributed by atoms with van der Waals surface area (Å²) in [6.45, 7) is 6.51. The Kier molecular flexibility index (Phi) is 13.6. The number of benzene rings is 1. The van der Waals surface area contributed by atoms with Crippen molar-refractivity contribution >= 4 is 29.2 Å². The number of nitrogens with zero attached hydrogens (tertiary/aromatic N) is 1. The minimum atomic E-state index is -1.27. The van der Waals surface area contributed by atoms with Gasteiger partial charge in [-0.15, -0.1) is 0 Å². The third kappa shape index (κ3) is 9.23. The average molecular weight is 554 g/mol. The Bertz CT molecular complexity index is 1100. The largest absolute Gasteiger partial charge is 0.462 e. The Morgan fingerprint density at radius 2 is 1.31 bits per heavy atom. The van der Waals surface area contributed by atoms with Crippen LogP contribution in [-0.4, -0.2) is 23.5 Å². The Morgan fingerprint density at radius 3 is 1.90 bits per heavy atom. The van der Waals surface area contributed by atoms with E-state index in [0.29, 0.717) is 11.1 Å². The van der Waals surface area contributed by atoms with E-state index in [9.17, 15) is 9.59 Å². The van der Waals surface area contributed by atoms with E-state index in [1.54, 1.807) is 13.1 Å². The number of esters is 1. The lowest BCUT2D eigenvalue weighted by Crippen LogP contribution is -2.18. The van der Waals surface area contributed by atoms with E-state index in [2.05, 4.69) is 18.8 Å². The number of carbonyl (C=O) groups excluding carboxylic acids is 2. The van der Waals surface area contributed by atoms with Crippen LogP contribution in [0.25, 0.3) is 6.08 Å². The van der Waals surface area contributed by atoms with Crippen molar-refractivity contribution in [2.45, 2.75) is 116 Å². The molecule has 0 spiro atoms. The third-order valence-corrected chi connectivity index (χ3v) is 8.90. The molecule has 1 atom stereocenters. The van der Waals surface area contributed by atoms with E-state index in [4.69, 9.17) is 8.92 Å². The fraction of sp³-hybridized carbons (Fsp3) is 0.545. The van der Waals surface area contributed by atoms with Crippen LogP contribution in [0.2, 0.25) is 0 Å². The monoisotopic (exact) mass is 553 g/mol. The molecule has 0 saturated heterocycles. The Labute approximate surface area is 238 Å². The van der Waals surface area contributed by atoms with Gasteiger partial charge in [-0.2, -0.15) is 0 Å². The lowest BCUT2D eigenvalue weighted by Gasteiger charge is -2.20. The standard InChI is InChI=1S/C33H47NO4S/c1-4-7-9-11-13-15-18-26-21-22-27(19-16-14-12-10-8-5-2)31(30(26)32(35)37-6-3)33(36)38-39-25-23-28-29(39)20-17-24-34-28/h17,20-25,39H,4-16,18-19H2,1-3H3. The van der Waals surface area contributed by atoms with Crippen LogP contribution in [0.4, 0.5) is 0 Å². The third-order valence-electron chi connectivity index (χ3n) is 7.26. The highest BCUT2D eigenvalue weighted by Gasteiger charge is 2.29. The number of thiol groups is 1. The van der Waals surface area contributed by atoms with Gasteiger partial charge in [0.05, 0.1) is 28.3 Å². The number of hydrogen-bond acceptors (Lipinski definition) is 5. The van der Waals surface area contributed by atoms with Crippen molar-refractivity contribution in [2.24, 2.45) is 0 Å². The van der Waals surface area contributed by atoms with Crippen LogP contribution in [0, 0.1) is 0 Å². The van der Waals surface area contributed by atoms with Crippen molar-refractivity contribution in [3.63, 3.8) is 0 Å². The van der Waals surface area contributed by atoms with Gasteiger partial charge in [0.1, 0.15) is 0 Å². The first-order valence-corrected chi connectivity index (χ1v) is 16.4. The van der Waals surface area contributed by atoms with Crippen molar-refractivity contribution < 1.29 is 18.5 Å². The van der Waals surface area contributed by atoms with Crippen molar-refractivity contribution in [1.82, 2.24) is 4.98 Å². The van der Waals surface area contributed by atoms with Gasteiger partial charge in [-0.05, 0) is 78.5 Å². The van der Waals surface area contributed by atoms with Gasteiger partial charge in [0.15, 0.2) is 0 Å². The number of pyridine rings is 1. The molecule has 5 nitrogen and oxygen atoms in total. The number of rotatable bonds is 18. The van der Waals surface area contributed by atoms with Gasteiger partial charge in [-0.1, -0.05) is 90.2 Å². The SMILES string of the molecule is CCCCCCCCc1ccc(CCCCCCCC)c(C(=O)O[SH]2C=Cc3ncccc32)c1C(=O)OCC. The maximum absolute atomic E-state index is 13.9. The minimum absolute atomic E-state index is 0.264. The van der Waals surface area contributed by atoms with Crippen LogP contribution in [0.3, 0.4) is 0 Å². The average Bonchev–Trinajstić information content (AvgIpc) is 3.35. The molecule has 0 fully saturated rings. The molecule has 1 aromatic heterocycles. The Hall–Kier alpha value is -2.60. The van der Waals surface area contributed by atoms with E-state index >= 15 is 0 Å². The molecule has 39 heavy (non-hydrogen) atoms. The zero-order valence-corrected chi connectivity index (χ0v) is 25.1. The summed E-state index contributed by atoms with van der Waals surface area (Å²) < 4.78 is 11.6. The van der Waals surface area contributed by atoms with E-state index in [-0.39, 0.29) is 6.61 Å². The molecule has 6 heteroatoms. The Morgan fingerprint density at radius 1 is 0.744 bits per heavy atom. The predicted octanol–water partition coefficient (Wildman–Crippen LogP) is 9.18. The highest BCUT2D eigenvalue weighted by atomic mass is 32.2. The van der Waals surface area contributed by atoms with Crippen molar-refractivity contribution in [1.29, 1.82) is 0 Å². The fourth-order valence-electron chi connectivity index (χ4n) is 5.12. The number of carbonyl (C=O) groups is 2. The molecule has 1 aliphatic heterocycles. The van der Waals surface area contributed by atoms with Crippen LogP contribution >= 0.6 is 11.2 Å². The maximum Gasteiger partial charge on any atom is 0.350 e. The van der Waals surface area contributed by atoms with Crippen LogP contribution in [0.5, 0.6) is 0 Å². The van der Waals surface area contributed by atoms with Gasteiger partial charge in [0.2, 0.25) is 0 Å². The highest BCUT2D eigenvalue weighted by Crippen LogP contribution is 2.46. The molecule has 0 radical (unpaired) electrons. The molecule has 1 aromatic carbocycles. The van der Waals surface area contributed by atoms with Gasteiger partial charge in [-0.25, -0.2) is 9.59 Å². The topological polar surface area (TPSA) is 65.5 Å². The number of fused-ring (bicyclic) bond motifs is 1. The summed E-state index contributed by atoms with van der Waals surface area (Å²) >= 11 is -1.27. The summed E-state index contributed by atoms with van der Waals surface area (Å²) in [7, 11) is 0. The second kappa shape index (κ2) is 17.2. The molecule has 2 heterocycles. The van der Waals surface area contributed by atoms with Crippen LogP contribution in [0.15, 0.2) is 40.8 Å². The van der Waals surface area contributed by atoms with E-state index < -0.39 is 23.1 Å². The first-order chi connectivity index (χ1) is 19.1. The summed E-state index contributed by atoms with van der Waals surface area (Å²) in [6, 6.07) is 7.91. The number of ether oxygens (including phenoxy) is 1. The zero-order valence-electron chi connectivity index (χ0n) is 24.2. The van der Waals surface area contributed by atoms with Crippen LogP contribution in [-0.2, 0) is 21.8 Å². The number of hydrogen-bond donors (Lipinski definition) is 1. The van der Waals surface area contributed by atoms with E-state index in [0.717, 1.165) is 60.2 Å². The Balaban J connectivity index is 1.87. The van der Waals surface area contributed by atoms with Gasteiger partial charge in [-0.3, -0.25) is 4.98 Å². The van der Waals surface area contributed by atoms with Gasteiger partial charge in [0, 0.05) is 6.20 Å². The molecule has 0 aliphatic carbocycles. The second-order valence-corrected chi connectivity index (χ2v) is 11.9. The quantitative estimate of drug-likeness (QED) is 0.113. The van der Waals surface area contributed by atoms with Crippen molar-refractivity contribution in [3.05, 3.63) is 63.8 Å². The lowest BCUT2D eigenvalue weighted by molar-refractivity contribution is 0.0516.